The van der Waals surface area contributed by atoms with Gasteiger partial charge in [0, 0.05) is 22.4 Å². The third kappa shape index (κ3) is 3.84. The minimum absolute atomic E-state index is 0.468. The number of nitrogens with zero attached hydrogens (tertiary/aromatic N) is 4. The fourth-order valence-electron chi connectivity index (χ4n) is 2.26. The van der Waals surface area contributed by atoms with Gasteiger partial charge < -0.3 is 10.2 Å². The maximum absolute atomic E-state index is 4.57. The number of rotatable bonds is 5. The summed E-state index contributed by atoms with van der Waals surface area (Å²) in [5.74, 6) is 1.22. The van der Waals surface area contributed by atoms with Gasteiger partial charge >= 0.3 is 0 Å². The summed E-state index contributed by atoms with van der Waals surface area (Å²) >= 11 is 3.45. The molecule has 0 aliphatic rings. The Morgan fingerprint density at radius 1 is 1.09 bits per heavy atom. The van der Waals surface area contributed by atoms with Gasteiger partial charge in [-0.25, -0.2) is 0 Å². The predicted octanol–water partition coefficient (Wildman–Crippen LogP) is 4.54. The van der Waals surface area contributed by atoms with Crippen molar-refractivity contribution in [3.8, 4) is 0 Å². The topological polar surface area (TPSA) is 53.9 Å². The second-order valence-corrected chi connectivity index (χ2v) is 5.77. The van der Waals surface area contributed by atoms with E-state index >= 15 is 0 Å². The zero-order valence-electron chi connectivity index (χ0n) is 12.6. The molecule has 1 aromatic heterocycles. The molecule has 1 heterocycles. The lowest BCUT2D eigenvalue weighted by atomic mass is 10.3. The van der Waals surface area contributed by atoms with E-state index < -0.39 is 0 Å². The van der Waals surface area contributed by atoms with Gasteiger partial charge in [-0.15, -0.1) is 5.10 Å². The number of halogens is 1. The average molecular weight is 370 g/mol. The van der Waals surface area contributed by atoms with Crippen LogP contribution in [0.4, 0.5) is 23.1 Å². The van der Waals surface area contributed by atoms with Crippen molar-refractivity contribution >= 4 is 39.1 Å². The van der Waals surface area contributed by atoms with Gasteiger partial charge in [0.2, 0.25) is 5.95 Å². The van der Waals surface area contributed by atoms with Crippen molar-refractivity contribution < 1.29 is 0 Å². The molecule has 0 saturated carbocycles. The first-order chi connectivity index (χ1) is 11.3. The minimum Gasteiger partial charge on any atom is -0.325 e. The van der Waals surface area contributed by atoms with E-state index in [0.717, 1.165) is 28.2 Å². The van der Waals surface area contributed by atoms with Crippen molar-refractivity contribution in [3.05, 3.63) is 65.3 Å². The van der Waals surface area contributed by atoms with Gasteiger partial charge in [0.15, 0.2) is 5.82 Å². The van der Waals surface area contributed by atoms with E-state index in [1.165, 1.54) is 0 Å². The second-order valence-electron chi connectivity index (χ2n) is 4.85. The monoisotopic (exact) mass is 369 g/mol. The fraction of sp³-hybridized carbons (Fsp3) is 0.118. The van der Waals surface area contributed by atoms with Crippen molar-refractivity contribution in [2.24, 2.45) is 0 Å². The van der Waals surface area contributed by atoms with Gasteiger partial charge in [0.1, 0.15) is 0 Å². The Morgan fingerprint density at radius 2 is 1.91 bits per heavy atom. The van der Waals surface area contributed by atoms with Crippen LogP contribution in [-0.4, -0.2) is 21.7 Å². The molecule has 116 valence electrons. The molecule has 0 radical (unpaired) electrons. The van der Waals surface area contributed by atoms with Crippen molar-refractivity contribution in [2.75, 3.05) is 16.8 Å². The zero-order valence-corrected chi connectivity index (χ0v) is 14.2. The van der Waals surface area contributed by atoms with E-state index in [0.29, 0.717) is 5.95 Å². The van der Waals surface area contributed by atoms with E-state index in [1.54, 1.807) is 6.20 Å². The molecule has 0 unspecified atom stereocenters. The first-order valence-corrected chi connectivity index (χ1v) is 8.10. The van der Waals surface area contributed by atoms with Crippen LogP contribution < -0.4 is 10.2 Å². The van der Waals surface area contributed by atoms with Gasteiger partial charge in [0.25, 0.3) is 0 Å². The molecule has 3 rings (SSSR count). The van der Waals surface area contributed by atoms with Gasteiger partial charge in [-0.2, -0.15) is 10.1 Å². The highest BCUT2D eigenvalue weighted by molar-refractivity contribution is 9.10. The summed E-state index contributed by atoms with van der Waals surface area (Å²) < 4.78 is 0.992. The first-order valence-electron chi connectivity index (χ1n) is 7.31. The summed E-state index contributed by atoms with van der Waals surface area (Å²) in [7, 11) is 0. The molecule has 23 heavy (non-hydrogen) atoms. The molecule has 0 saturated heterocycles. The molecule has 0 atom stereocenters. The molecular formula is C17H16BrN5. The Balaban J connectivity index is 1.87. The van der Waals surface area contributed by atoms with Crippen LogP contribution in [0.2, 0.25) is 0 Å². The molecule has 0 amide bonds. The summed E-state index contributed by atoms with van der Waals surface area (Å²) in [6.45, 7) is 2.87. The molecule has 5 nitrogen and oxygen atoms in total. The van der Waals surface area contributed by atoms with E-state index in [2.05, 4.69) is 48.3 Å². The van der Waals surface area contributed by atoms with Crippen LogP contribution >= 0.6 is 15.9 Å². The quantitative estimate of drug-likeness (QED) is 0.715. The lowest BCUT2D eigenvalue weighted by molar-refractivity contribution is 0.922. The van der Waals surface area contributed by atoms with Crippen molar-refractivity contribution in [3.63, 3.8) is 0 Å². The zero-order chi connectivity index (χ0) is 16.1. The Kier molecular flexibility index (Phi) is 4.83. The highest BCUT2D eigenvalue weighted by Gasteiger charge is 2.10. The average Bonchev–Trinajstić information content (AvgIpc) is 2.57. The third-order valence-corrected chi connectivity index (χ3v) is 3.78. The lowest BCUT2D eigenvalue weighted by Gasteiger charge is -2.21. The van der Waals surface area contributed by atoms with Crippen molar-refractivity contribution in [1.82, 2.24) is 15.2 Å². The first kappa shape index (κ1) is 15.4. The second kappa shape index (κ2) is 7.19. The molecule has 0 aliphatic carbocycles. The summed E-state index contributed by atoms with van der Waals surface area (Å²) in [4.78, 5) is 6.66. The van der Waals surface area contributed by atoms with E-state index in [-0.39, 0.29) is 0 Å². The maximum Gasteiger partial charge on any atom is 0.249 e. The van der Waals surface area contributed by atoms with E-state index in [9.17, 15) is 0 Å². The predicted molar refractivity (Wildman–Crippen MR) is 96.4 cm³/mol. The highest BCUT2D eigenvalue weighted by Crippen LogP contribution is 2.24. The molecule has 3 aromatic rings. The van der Waals surface area contributed by atoms with Gasteiger partial charge in [0.05, 0.1) is 6.20 Å². The number of para-hydroxylation sites is 1. The summed E-state index contributed by atoms with van der Waals surface area (Å²) in [6.07, 6.45) is 1.67. The van der Waals surface area contributed by atoms with Gasteiger partial charge in [-0.1, -0.05) is 40.2 Å². The van der Waals surface area contributed by atoms with Gasteiger partial charge in [-0.3, -0.25) is 0 Å². The van der Waals surface area contributed by atoms with Crippen LogP contribution in [0.1, 0.15) is 6.92 Å². The molecule has 0 bridgehead atoms. The Labute approximate surface area is 143 Å². The van der Waals surface area contributed by atoms with Crippen LogP contribution in [-0.2, 0) is 0 Å². The maximum atomic E-state index is 4.57. The minimum atomic E-state index is 0.468. The van der Waals surface area contributed by atoms with Crippen LogP contribution in [0.25, 0.3) is 0 Å². The molecule has 0 spiro atoms. The largest absolute Gasteiger partial charge is 0.325 e. The number of aromatic nitrogens is 3. The Morgan fingerprint density at radius 3 is 2.65 bits per heavy atom. The SMILES string of the molecule is CCN(c1ccccc1)c1cnnc(Nc2cccc(Br)c2)n1. The molecular weight excluding hydrogens is 354 g/mol. The fourth-order valence-corrected chi connectivity index (χ4v) is 2.66. The van der Waals surface area contributed by atoms with Gasteiger partial charge in [-0.05, 0) is 37.3 Å². The van der Waals surface area contributed by atoms with Crippen LogP contribution in [0.5, 0.6) is 0 Å². The molecule has 6 heteroatoms. The van der Waals surface area contributed by atoms with E-state index in [1.807, 2.05) is 54.6 Å². The van der Waals surface area contributed by atoms with Crippen LogP contribution in [0.15, 0.2) is 65.3 Å². The lowest BCUT2D eigenvalue weighted by Crippen LogP contribution is -2.18. The standard InChI is InChI=1S/C17H16BrN5/c1-2-23(15-9-4-3-5-10-15)16-12-19-22-17(21-16)20-14-8-6-7-13(18)11-14/h3-12H,2H2,1H3,(H,20,21,22). The third-order valence-electron chi connectivity index (χ3n) is 3.29. The summed E-state index contributed by atoms with van der Waals surface area (Å²) in [5, 5.41) is 11.3. The molecule has 2 aromatic carbocycles. The summed E-state index contributed by atoms with van der Waals surface area (Å²) in [6, 6.07) is 17.9. The number of nitrogens with one attached hydrogen (secondary N) is 1. The molecule has 0 aliphatic heterocycles. The van der Waals surface area contributed by atoms with Crippen molar-refractivity contribution in [1.29, 1.82) is 0 Å². The highest BCUT2D eigenvalue weighted by atomic mass is 79.9. The smallest absolute Gasteiger partial charge is 0.249 e. The van der Waals surface area contributed by atoms with Crippen LogP contribution in [0, 0.1) is 0 Å². The number of anilines is 4. The Bertz CT molecular complexity index is 779. The summed E-state index contributed by atoms with van der Waals surface area (Å²) in [5.41, 5.74) is 1.98. The van der Waals surface area contributed by atoms with E-state index in [4.69, 9.17) is 0 Å². The molecule has 0 fully saturated rings. The number of hydrogen-bond donors (Lipinski definition) is 1. The molecule has 1 N–H and O–H groups in total. The normalized spacial score (nSPS) is 10.3. The number of hydrogen-bond acceptors (Lipinski definition) is 5. The van der Waals surface area contributed by atoms with Crippen molar-refractivity contribution in [2.45, 2.75) is 6.92 Å². The Hall–Kier alpha value is -2.47. The van der Waals surface area contributed by atoms with Crippen LogP contribution in [0.3, 0.4) is 0 Å². The number of benzene rings is 2.